The first-order valence-electron chi connectivity index (χ1n) is 4.19. The lowest BCUT2D eigenvalue weighted by molar-refractivity contribution is 1.38. The van der Waals surface area contributed by atoms with Crippen molar-refractivity contribution in [3.63, 3.8) is 0 Å². The van der Waals surface area contributed by atoms with Gasteiger partial charge in [0.2, 0.25) is 0 Å². The van der Waals surface area contributed by atoms with Crippen LogP contribution in [0.1, 0.15) is 5.56 Å². The van der Waals surface area contributed by atoms with E-state index in [1.54, 1.807) is 0 Å². The van der Waals surface area contributed by atoms with Gasteiger partial charge < -0.3 is 4.98 Å². The maximum Gasteiger partial charge on any atom is 0.0453 e. The molecule has 2 rings (SSSR count). The Morgan fingerprint density at radius 3 is 2.38 bits per heavy atom. The lowest BCUT2D eigenvalue weighted by atomic mass is 10.1. The number of halogens is 1. The van der Waals surface area contributed by atoms with E-state index in [4.69, 9.17) is 0 Å². The second kappa shape index (κ2) is 3.79. The number of rotatable bonds is 2. The van der Waals surface area contributed by atoms with Gasteiger partial charge in [0.25, 0.3) is 0 Å². The third kappa shape index (κ3) is 1.83. The Bertz CT molecular complexity index is 361. The van der Waals surface area contributed by atoms with E-state index < -0.39 is 0 Å². The first kappa shape index (κ1) is 8.57. The molecular formula is C11H10BrN. The number of aromatic amines is 1. The minimum absolute atomic E-state index is 0.915. The Morgan fingerprint density at radius 2 is 1.85 bits per heavy atom. The maximum absolute atomic E-state index is 3.42. The molecule has 1 aromatic heterocycles. The second-order valence-electron chi connectivity index (χ2n) is 2.91. The zero-order chi connectivity index (χ0) is 9.10. The first-order valence-corrected chi connectivity index (χ1v) is 5.31. The van der Waals surface area contributed by atoms with Gasteiger partial charge in [-0.25, -0.2) is 0 Å². The molecular weight excluding hydrogens is 226 g/mol. The molecule has 2 aromatic rings. The highest BCUT2D eigenvalue weighted by molar-refractivity contribution is 9.08. The van der Waals surface area contributed by atoms with Gasteiger partial charge in [0, 0.05) is 17.2 Å². The van der Waals surface area contributed by atoms with Gasteiger partial charge in [-0.1, -0.05) is 40.2 Å². The molecule has 1 heterocycles. The van der Waals surface area contributed by atoms with Crippen molar-refractivity contribution in [1.82, 2.24) is 4.98 Å². The summed E-state index contributed by atoms with van der Waals surface area (Å²) in [6.07, 6.45) is 1.94. The summed E-state index contributed by atoms with van der Waals surface area (Å²) < 4.78 is 0. The van der Waals surface area contributed by atoms with Crippen molar-refractivity contribution in [2.75, 3.05) is 0 Å². The highest BCUT2D eigenvalue weighted by Gasteiger charge is 1.96. The normalized spacial score (nSPS) is 10.2. The van der Waals surface area contributed by atoms with Crippen molar-refractivity contribution >= 4 is 15.9 Å². The Balaban J connectivity index is 2.33. The number of alkyl halides is 1. The lowest BCUT2D eigenvalue weighted by Crippen LogP contribution is -1.79. The Kier molecular flexibility index (Phi) is 2.50. The summed E-state index contributed by atoms with van der Waals surface area (Å²) in [6.45, 7) is 0. The van der Waals surface area contributed by atoms with Gasteiger partial charge in [0.15, 0.2) is 0 Å². The van der Waals surface area contributed by atoms with Gasteiger partial charge in [0.1, 0.15) is 0 Å². The van der Waals surface area contributed by atoms with Crippen LogP contribution in [0.25, 0.3) is 11.3 Å². The molecule has 0 radical (unpaired) electrons. The monoisotopic (exact) mass is 235 g/mol. The molecule has 0 saturated carbocycles. The third-order valence-electron chi connectivity index (χ3n) is 2.02. The number of H-pyrrole nitrogens is 1. The Labute approximate surface area is 85.9 Å². The highest BCUT2D eigenvalue weighted by Crippen LogP contribution is 2.18. The summed E-state index contributed by atoms with van der Waals surface area (Å²) >= 11 is 3.42. The Morgan fingerprint density at radius 1 is 1.08 bits per heavy atom. The predicted molar refractivity (Wildman–Crippen MR) is 58.9 cm³/mol. The van der Waals surface area contributed by atoms with E-state index in [1.807, 2.05) is 12.3 Å². The average molecular weight is 236 g/mol. The molecule has 0 aliphatic carbocycles. The fourth-order valence-corrected chi connectivity index (χ4v) is 1.66. The summed E-state index contributed by atoms with van der Waals surface area (Å²) in [5.41, 5.74) is 3.70. The average Bonchev–Trinajstić information content (AvgIpc) is 2.71. The van der Waals surface area contributed by atoms with Crippen LogP contribution in [-0.4, -0.2) is 4.98 Å². The van der Waals surface area contributed by atoms with Crippen molar-refractivity contribution in [2.45, 2.75) is 5.33 Å². The van der Waals surface area contributed by atoms with E-state index in [9.17, 15) is 0 Å². The van der Waals surface area contributed by atoms with Crippen molar-refractivity contribution < 1.29 is 0 Å². The van der Waals surface area contributed by atoms with Crippen molar-refractivity contribution in [1.29, 1.82) is 0 Å². The zero-order valence-electron chi connectivity index (χ0n) is 7.13. The van der Waals surface area contributed by atoms with Gasteiger partial charge in [-0.2, -0.15) is 0 Å². The summed E-state index contributed by atoms with van der Waals surface area (Å²) in [5, 5.41) is 0.915. The van der Waals surface area contributed by atoms with Crippen LogP contribution in [-0.2, 0) is 5.33 Å². The summed E-state index contributed by atoms with van der Waals surface area (Å²) in [5.74, 6) is 0. The fraction of sp³-hybridized carbons (Fsp3) is 0.0909. The van der Waals surface area contributed by atoms with E-state index >= 15 is 0 Å². The smallest absolute Gasteiger partial charge is 0.0453 e. The van der Waals surface area contributed by atoms with E-state index in [1.165, 1.54) is 16.8 Å². The molecule has 0 fully saturated rings. The number of hydrogen-bond acceptors (Lipinski definition) is 0. The molecule has 1 N–H and O–H groups in total. The minimum atomic E-state index is 0.915. The second-order valence-corrected chi connectivity index (χ2v) is 3.48. The summed E-state index contributed by atoms with van der Waals surface area (Å²) in [6, 6.07) is 12.6. The van der Waals surface area contributed by atoms with Gasteiger partial charge >= 0.3 is 0 Å². The molecule has 1 aromatic carbocycles. The number of nitrogens with one attached hydrogen (secondary N) is 1. The molecule has 0 atom stereocenters. The standard InChI is InChI=1S/C11H10BrN/c12-8-9-3-5-10(6-4-9)11-2-1-7-13-11/h1-7,13H,8H2. The van der Waals surface area contributed by atoms with Crippen LogP contribution in [0.2, 0.25) is 0 Å². The minimum Gasteiger partial charge on any atom is -0.361 e. The van der Waals surface area contributed by atoms with Gasteiger partial charge in [-0.15, -0.1) is 0 Å². The topological polar surface area (TPSA) is 15.8 Å². The molecule has 0 bridgehead atoms. The molecule has 0 amide bonds. The fourth-order valence-electron chi connectivity index (χ4n) is 1.28. The quantitative estimate of drug-likeness (QED) is 0.767. The van der Waals surface area contributed by atoms with E-state index in [0.29, 0.717) is 0 Å². The summed E-state index contributed by atoms with van der Waals surface area (Å²) in [4.78, 5) is 3.18. The van der Waals surface area contributed by atoms with Crippen LogP contribution in [0.3, 0.4) is 0 Å². The molecule has 0 saturated heterocycles. The molecule has 13 heavy (non-hydrogen) atoms. The van der Waals surface area contributed by atoms with Crippen molar-refractivity contribution in [3.05, 3.63) is 48.2 Å². The number of aromatic nitrogens is 1. The zero-order valence-corrected chi connectivity index (χ0v) is 8.71. The van der Waals surface area contributed by atoms with Gasteiger partial charge in [0.05, 0.1) is 0 Å². The van der Waals surface area contributed by atoms with Crippen LogP contribution in [0.4, 0.5) is 0 Å². The molecule has 0 aliphatic heterocycles. The van der Waals surface area contributed by atoms with Crippen molar-refractivity contribution in [2.24, 2.45) is 0 Å². The third-order valence-corrected chi connectivity index (χ3v) is 2.66. The Hall–Kier alpha value is -1.02. The molecule has 0 spiro atoms. The molecule has 2 heteroatoms. The van der Waals surface area contributed by atoms with Crippen LogP contribution in [0, 0.1) is 0 Å². The number of benzene rings is 1. The largest absolute Gasteiger partial charge is 0.361 e. The predicted octanol–water partition coefficient (Wildman–Crippen LogP) is 3.58. The van der Waals surface area contributed by atoms with Crippen LogP contribution in [0.15, 0.2) is 42.6 Å². The molecule has 0 aliphatic rings. The van der Waals surface area contributed by atoms with E-state index in [2.05, 4.69) is 51.2 Å². The maximum atomic E-state index is 3.42. The van der Waals surface area contributed by atoms with Crippen molar-refractivity contribution in [3.8, 4) is 11.3 Å². The molecule has 1 nitrogen and oxygen atoms in total. The molecule has 0 unspecified atom stereocenters. The highest BCUT2D eigenvalue weighted by atomic mass is 79.9. The van der Waals surface area contributed by atoms with E-state index in [-0.39, 0.29) is 0 Å². The van der Waals surface area contributed by atoms with Crippen LogP contribution in [0.5, 0.6) is 0 Å². The lowest BCUT2D eigenvalue weighted by Gasteiger charge is -1.99. The van der Waals surface area contributed by atoms with E-state index in [0.717, 1.165) is 5.33 Å². The van der Waals surface area contributed by atoms with Gasteiger partial charge in [-0.05, 0) is 23.3 Å². The first-order chi connectivity index (χ1) is 6.40. The summed E-state index contributed by atoms with van der Waals surface area (Å²) in [7, 11) is 0. The van der Waals surface area contributed by atoms with Gasteiger partial charge in [-0.3, -0.25) is 0 Å². The van der Waals surface area contributed by atoms with Crippen LogP contribution >= 0.6 is 15.9 Å². The number of hydrogen-bond donors (Lipinski definition) is 1. The van der Waals surface area contributed by atoms with Crippen LogP contribution < -0.4 is 0 Å². The molecule has 66 valence electrons. The SMILES string of the molecule is BrCc1ccc(-c2ccc[nH]2)cc1.